The lowest BCUT2D eigenvalue weighted by Gasteiger charge is -2.30. The van der Waals surface area contributed by atoms with Gasteiger partial charge in [-0.2, -0.15) is 4.31 Å². The van der Waals surface area contributed by atoms with Crippen LogP contribution in [0.4, 0.5) is 0 Å². The molecule has 1 aromatic heterocycles. The number of hydrogen-bond acceptors (Lipinski definition) is 4. The third kappa shape index (κ3) is 3.08. The van der Waals surface area contributed by atoms with Gasteiger partial charge in [0.2, 0.25) is 15.9 Å². The van der Waals surface area contributed by atoms with Crippen molar-refractivity contribution >= 4 is 43.2 Å². The van der Waals surface area contributed by atoms with Crippen molar-refractivity contribution in [1.82, 2.24) is 9.62 Å². The smallest absolute Gasteiger partial charge is 0.244 e. The van der Waals surface area contributed by atoms with Crippen LogP contribution in [0.5, 0.6) is 0 Å². The van der Waals surface area contributed by atoms with E-state index in [-0.39, 0.29) is 18.4 Å². The Morgan fingerprint density at radius 3 is 2.80 bits per heavy atom. The number of thiophene rings is 1. The number of nitrogens with one attached hydrogen (secondary N) is 1. The van der Waals surface area contributed by atoms with E-state index in [0.29, 0.717) is 17.9 Å². The molecule has 1 aliphatic heterocycles. The van der Waals surface area contributed by atoms with Crippen LogP contribution in [-0.2, 0) is 14.8 Å². The fraction of sp³-hybridized carbons (Fsp3) is 0.583. The summed E-state index contributed by atoms with van der Waals surface area (Å²) in [6.07, 6.45) is 1.44. The van der Waals surface area contributed by atoms with Crippen molar-refractivity contribution in [3.63, 3.8) is 0 Å². The molecule has 1 aromatic rings. The molecule has 1 amide bonds. The number of carbonyl (C=O) groups excluding carboxylic acids is 1. The molecule has 112 valence electrons. The first-order valence-corrected chi connectivity index (χ1v) is 9.39. The summed E-state index contributed by atoms with van der Waals surface area (Å²) in [6.45, 7) is 2.53. The van der Waals surface area contributed by atoms with E-state index in [1.807, 2.05) is 0 Å². The van der Waals surface area contributed by atoms with Crippen molar-refractivity contribution in [1.29, 1.82) is 0 Å². The minimum absolute atomic E-state index is 0.0897. The van der Waals surface area contributed by atoms with Crippen molar-refractivity contribution in [3.8, 4) is 0 Å². The summed E-state index contributed by atoms with van der Waals surface area (Å²) in [4.78, 5) is 12.8. The molecule has 20 heavy (non-hydrogen) atoms. The maximum Gasteiger partial charge on any atom is 0.244 e. The van der Waals surface area contributed by atoms with Crippen LogP contribution in [0.3, 0.4) is 0 Å². The molecule has 5 nitrogen and oxygen atoms in total. The molecule has 1 unspecified atom stereocenters. The standard InChI is InChI=1S/C12H17BrN2O3S2/c1-8-10(6-11(13)19-8)20(17,18)15-5-3-4-9(7-15)12(16)14-2/h6,9H,3-5,7H2,1-2H3,(H,14,16). The Hall–Kier alpha value is -0.440. The minimum Gasteiger partial charge on any atom is -0.359 e. The lowest BCUT2D eigenvalue weighted by Crippen LogP contribution is -2.44. The van der Waals surface area contributed by atoms with E-state index in [1.54, 1.807) is 20.0 Å². The average Bonchev–Trinajstić information content (AvgIpc) is 2.77. The van der Waals surface area contributed by atoms with Gasteiger partial charge in [0.05, 0.1) is 14.6 Å². The van der Waals surface area contributed by atoms with E-state index in [4.69, 9.17) is 0 Å². The molecular weight excluding hydrogens is 364 g/mol. The molecule has 0 aliphatic carbocycles. The van der Waals surface area contributed by atoms with Gasteiger partial charge in [0.15, 0.2) is 0 Å². The molecule has 0 spiro atoms. The maximum absolute atomic E-state index is 12.7. The second-order valence-electron chi connectivity index (χ2n) is 4.79. The Morgan fingerprint density at radius 1 is 1.55 bits per heavy atom. The monoisotopic (exact) mass is 380 g/mol. The minimum atomic E-state index is -3.51. The highest BCUT2D eigenvalue weighted by Crippen LogP contribution is 2.33. The third-order valence-electron chi connectivity index (χ3n) is 3.46. The van der Waals surface area contributed by atoms with E-state index in [9.17, 15) is 13.2 Å². The van der Waals surface area contributed by atoms with Crippen LogP contribution in [-0.4, -0.2) is 38.8 Å². The predicted molar refractivity (Wildman–Crippen MR) is 82.3 cm³/mol. The molecule has 0 bridgehead atoms. The number of sulfonamides is 1. The zero-order valence-electron chi connectivity index (χ0n) is 11.3. The highest BCUT2D eigenvalue weighted by atomic mass is 79.9. The number of rotatable bonds is 3. The van der Waals surface area contributed by atoms with Gasteiger partial charge in [0, 0.05) is 25.0 Å². The van der Waals surface area contributed by atoms with E-state index in [2.05, 4.69) is 21.2 Å². The number of amides is 1. The summed E-state index contributed by atoms with van der Waals surface area (Å²) < 4.78 is 27.5. The van der Waals surface area contributed by atoms with Crippen molar-refractivity contribution < 1.29 is 13.2 Å². The first-order valence-electron chi connectivity index (χ1n) is 6.34. The molecule has 0 saturated carbocycles. The summed E-state index contributed by atoms with van der Waals surface area (Å²) in [7, 11) is -1.93. The third-order valence-corrected chi connectivity index (χ3v) is 7.14. The highest BCUT2D eigenvalue weighted by Gasteiger charge is 2.34. The fourth-order valence-corrected chi connectivity index (χ4v) is 6.31. The van der Waals surface area contributed by atoms with Gasteiger partial charge in [-0.15, -0.1) is 11.3 Å². The molecular formula is C12H17BrN2O3S2. The zero-order chi connectivity index (χ0) is 14.9. The van der Waals surface area contributed by atoms with Gasteiger partial charge in [-0.3, -0.25) is 4.79 Å². The predicted octanol–water partition coefficient (Wildman–Crippen LogP) is 1.97. The summed E-state index contributed by atoms with van der Waals surface area (Å²) in [5, 5.41) is 2.60. The Morgan fingerprint density at radius 2 is 2.25 bits per heavy atom. The van der Waals surface area contributed by atoms with Gasteiger partial charge in [-0.25, -0.2) is 8.42 Å². The number of nitrogens with zero attached hydrogens (tertiary/aromatic N) is 1. The number of piperidine rings is 1. The van der Waals surface area contributed by atoms with Gasteiger partial charge in [0.1, 0.15) is 0 Å². The number of hydrogen-bond donors (Lipinski definition) is 1. The van der Waals surface area contributed by atoms with Crippen LogP contribution in [0.15, 0.2) is 14.7 Å². The quantitative estimate of drug-likeness (QED) is 0.871. The Labute approximate surface area is 131 Å². The molecule has 1 aliphatic rings. The fourth-order valence-electron chi connectivity index (χ4n) is 2.40. The Bertz CT molecular complexity index is 612. The molecule has 1 N–H and O–H groups in total. The highest BCUT2D eigenvalue weighted by molar-refractivity contribution is 9.11. The van der Waals surface area contributed by atoms with Crippen LogP contribution in [0.2, 0.25) is 0 Å². The van der Waals surface area contributed by atoms with E-state index in [0.717, 1.165) is 15.1 Å². The van der Waals surface area contributed by atoms with Gasteiger partial charge >= 0.3 is 0 Å². The first-order chi connectivity index (χ1) is 9.36. The molecule has 1 fully saturated rings. The molecule has 8 heteroatoms. The normalized spacial score (nSPS) is 20.9. The summed E-state index contributed by atoms with van der Waals surface area (Å²) >= 11 is 4.72. The summed E-state index contributed by atoms with van der Waals surface area (Å²) in [6, 6.07) is 1.64. The van der Waals surface area contributed by atoms with Crippen molar-refractivity contribution in [2.24, 2.45) is 5.92 Å². The SMILES string of the molecule is CNC(=O)C1CCCN(S(=O)(=O)c2cc(Br)sc2C)C1. The average molecular weight is 381 g/mol. The van der Waals surface area contributed by atoms with Crippen molar-refractivity contribution in [2.45, 2.75) is 24.7 Å². The van der Waals surface area contributed by atoms with Crippen LogP contribution in [0.1, 0.15) is 17.7 Å². The lowest BCUT2D eigenvalue weighted by molar-refractivity contribution is -0.125. The molecule has 1 saturated heterocycles. The maximum atomic E-state index is 12.7. The second kappa shape index (κ2) is 6.13. The molecule has 0 aromatic carbocycles. The number of halogens is 1. The Kier molecular flexibility index (Phi) is 4.88. The van der Waals surface area contributed by atoms with Gasteiger partial charge < -0.3 is 5.32 Å². The van der Waals surface area contributed by atoms with E-state index in [1.165, 1.54) is 15.6 Å². The summed E-state index contributed by atoms with van der Waals surface area (Å²) in [5.74, 6) is -0.348. The Balaban J connectivity index is 2.26. The van der Waals surface area contributed by atoms with Crippen LogP contribution < -0.4 is 5.32 Å². The topological polar surface area (TPSA) is 66.5 Å². The first kappa shape index (κ1) is 15.9. The molecule has 2 rings (SSSR count). The number of carbonyl (C=O) groups is 1. The second-order valence-corrected chi connectivity index (χ2v) is 9.33. The van der Waals surface area contributed by atoms with Gasteiger partial charge in [-0.1, -0.05) is 0 Å². The van der Waals surface area contributed by atoms with Crippen molar-refractivity contribution in [3.05, 3.63) is 14.7 Å². The van der Waals surface area contributed by atoms with Crippen molar-refractivity contribution in [2.75, 3.05) is 20.1 Å². The molecule has 0 radical (unpaired) electrons. The van der Waals surface area contributed by atoms with Crippen LogP contribution >= 0.6 is 27.3 Å². The molecule has 1 atom stereocenters. The molecule has 2 heterocycles. The van der Waals surface area contributed by atoms with E-state index < -0.39 is 10.0 Å². The summed E-state index contributed by atoms with van der Waals surface area (Å²) in [5.41, 5.74) is 0. The van der Waals surface area contributed by atoms with Crippen LogP contribution in [0.25, 0.3) is 0 Å². The van der Waals surface area contributed by atoms with Gasteiger partial charge in [-0.05, 0) is 41.8 Å². The van der Waals surface area contributed by atoms with Gasteiger partial charge in [0.25, 0.3) is 0 Å². The zero-order valence-corrected chi connectivity index (χ0v) is 14.6. The lowest BCUT2D eigenvalue weighted by atomic mass is 9.99. The largest absolute Gasteiger partial charge is 0.359 e. The van der Waals surface area contributed by atoms with Crippen LogP contribution in [0, 0.1) is 12.8 Å². The van der Waals surface area contributed by atoms with E-state index >= 15 is 0 Å². The number of aryl methyl sites for hydroxylation is 1.